The fourth-order valence-electron chi connectivity index (χ4n) is 3.33. The van der Waals surface area contributed by atoms with Crippen molar-refractivity contribution in [3.8, 4) is 0 Å². The minimum atomic E-state index is -4.02. The Bertz CT molecular complexity index is 847. The SMILES string of the molecule is CCCCCCC[N+](C)(C)CCCc1ccc(Cl)cc1.Cc1ccc(S(=O)(=O)O)cc1. The summed E-state index contributed by atoms with van der Waals surface area (Å²) in [4.78, 5) is -0.0666. The van der Waals surface area contributed by atoms with Crippen LogP contribution in [0.4, 0.5) is 0 Å². The van der Waals surface area contributed by atoms with Crippen LogP contribution in [0.5, 0.6) is 0 Å². The molecule has 0 atom stereocenters. The first-order valence-corrected chi connectivity index (χ1v) is 13.0. The molecule has 31 heavy (non-hydrogen) atoms. The summed E-state index contributed by atoms with van der Waals surface area (Å²) in [6.07, 6.45) is 9.31. The van der Waals surface area contributed by atoms with E-state index < -0.39 is 10.1 Å². The molecule has 4 nitrogen and oxygen atoms in total. The van der Waals surface area contributed by atoms with E-state index in [4.69, 9.17) is 16.2 Å². The molecule has 2 rings (SSSR count). The third kappa shape index (κ3) is 12.9. The molecule has 2 aromatic rings. The Kier molecular flexibility index (Phi) is 12.4. The van der Waals surface area contributed by atoms with Gasteiger partial charge in [0.1, 0.15) is 0 Å². The van der Waals surface area contributed by atoms with Crippen LogP contribution in [0.25, 0.3) is 0 Å². The average Bonchev–Trinajstić information content (AvgIpc) is 2.69. The van der Waals surface area contributed by atoms with E-state index in [2.05, 4.69) is 33.2 Å². The molecule has 0 saturated carbocycles. The number of nitrogens with zero attached hydrogens (tertiary/aromatic N) is 1. The molecular weight excluding hydrogens is 430 g/mol. The first kappa shape index (κ1) is 27.6. The quantitative estimate of drug-likeness (QED) is 0.231. The van der Waals surface area contributed by atoms with Gasteiger partial charge in [-0.15, -0.1) is 0 Å². The van der Waals surface area contributed by atoms with Crippen molar-refractivity contribution >= 4 is 21.7 Å². The summed E-state index contributed by atoms with van der Waals surface area (Å²) in [5.74, 6) is 0. The predicted octanol–water partition coefficient (Wildman–Crippen LogP) is 6.56. The molecule has 0 aliphatic heterocycles. The highest BCUT2D eigenvalue weighted by Gasteiger charge is 2.13. The molecule has 1 N–H and O–H groups in total. The van der Waals surface area contributed by atoms with Crippen LogP contribution >= 0.6 is 11.6 Å². The molecule has 0 bridgehead atoms. The summed E-state index contributed by atoms with van der Waals surface area (Å²) in [5, 5.41) is 0.831. The zero-order chi connectivity index (χ0) is 23.3. The molecule has 0 saturated heterocycles. The van der Waals surface area contributed by atoms with E-state index in [9.17, 15) is 8.42 Å². The van der Waals surface area contributed by atoms with E-state index in [-0.39, 0.29) is 4.90 Å². The van der Waals surface area contributed by atoms with E-state index in [0.29, 0.717) is 0 Å². The van der Waals surface area contributed by atoms with Crippen LogP contribution in [-0.4, -0.2) is 44.6 Å². The fraction of sp³-hybridized carbons (Fsp3) is 0.520. The largest absolute Gasteiger partial charge is 0.328 e. The van der Waals surface area contributed by atoms with Gasteiger partial charge in [-0.2, -0.15) is 8.42 Å². The highest BCUT2D eigenvalue weighted by atomic mass is 35.5. The van der Waals surface area contributed by atoms with Crippen molar-refractivity contribution < 1.29 is 17.5 Å². The fourth-order valence-corrected chi connectivity index (χ4v) is 3.93. The van der Waals surface area contributed by atoms with Crippen LogP contribution in [0.2, 0.25) is 5.02 Å². The summed E-state index contributed by atoms with van der Waals surface area (Å²) in [6, 6.07) is 14.3. The second-order valence-electron chi connectivity index (χ2n) is 8.82. The first-order valence-electron chi connectivity index (χ1n) is 11.1. The number of rotatable bonds is 11. The zero-order valence-electron chi connectivity index (χ0n) is 19.5. The van der Waals surface area contributed by atoms with Crippen molar-refractivity contribution in [1.82, 2.24) is 0 Å². The maximum atomic E-state index is 10.5. The standard InChI is InChI=1S/C18H31ClN.C7H8O3S/c1-4-5-6-7-8-15-20(2,3)16-9-10-17-11-13-18(19)14-12-17;1-6-2-4-7(5-3-6)11(8,9)10/h11-14H,4-10,15-16H2,1-3H3;2-5H,1H3,(H,8,9,10)/q+1;. The van der Waals surface area contributed by atoms with Crippen molar-refractivity contribution in [2.75, 3.05) is 27.2 Å². The molecule has 174 valence electrons. The van der Waals surface area contributed by atoms with E-state index >= 15 is 0 Å². The van der Waals surface area contributed by atoms with Crippen LogP contribution in [0, 0.1) is 6.92 Å². The van der Waals surface area contributed by atoms with Gasteiger partial charge < -0.3 is 4.48 Å². The van der Waals surface area contributed by atoms with Gasteiger partial charge >= 0.3 is 0 Å². The Labute approximate surface area is 194 Å². The highest BCUT2D eigenvalue weighted by molar-refractivity contribution is 7.85. The van der Waals surface area contributed by atoms with Crippen molar-refractivity contribution in [2.24, 2.45) is 0 Å². The zero-order valence-corrected chi connectivity index (χ0v) is 21.1. The molecule has 0 heterocycles. The Hall–Kier alpha value is -1.40. The van der Waals surface area contributed by atoms with Crippen LogP contribution in [0.15, 0.2) is 53.4 Å². The van der Waals surface area contributed by atoms with Gasteiger partial charge in [-0.1, -0.05) is 67.6 Å². The minimum Gasteiger partial charge on any atom is -0.328 e. The Morgan fingerprint density at radius 3 is 1.94 bits per heavy atom. The van der Waals surface area contributed by atoms with Crippen molar-refractivity contribution in [1.29, 1.82) is 0 Å². The number of unbranched alkanes of at least 4 members (excludes halogenated alkanes) is 4. The summed E-state index contributed by atoms with van der Waals surface area (Å²) >= 11 is 5.91. The molecule has 0 fully saturated rings. The Morgan fingerprint density at radius 2 is 1.39 bits per heavy atom. The van der Waals surface area contributed by atoms with Gasteiger partial charge in [-0.05, 0) is 56.0 Å². The Balaban J connectivity index is 0.000000367. The lowest BCUT2D eigenvalue weighted by Crippen LogP contribution is -2.41. The first-order chi connectivity index (χ1) is 14.5. The lowest BCUT2D eigenvalue weighted by atomic mass is 10.1. The van der Waals surface area contributed by atoms with Crippen LogP contribution in [0.1, 0.15) is 56.6 Å². The number of quaternary nitrogens is 1. The average molecular weight is 469 g/mol. The van der Waals surface area contributed by atoms with E-state index in [1.807, 2.05) is 19.1 Å². The third-order valence-corrected chi connectivity index (χ3v) is 6.45. The molecular formula is C25H39ClNO3S+. The van der Waals surface area contributed by atoms with E-state index in [1.54, 1.807) is 12.1 Å². The van der Waals surface area contributed by atoms with Crippen molar-refractivity contribution in [3.05, 3.63) is 64.7 Å². The summed E-state index contributed by atoms with van der Waals surface area (Å²) < 4.78 is 30.7. The Morgan fingerprint density at radius 1 is 0.839 bits per heavy atom. The van der Waals surface area contributed by atoms with Gasteiger partial charge in [-0.3, -0.25) is 4.55 Å². The molecule has 0 amide bonds. The lowest BCUT2D eigenvalue weighted by Gasteiger charge is -2.30. The lowest BCUT2D eigenvalue weighted by molar-refractivity contribution is -0.890. The van der Waals surface area contributed by atoms with E-state index in [0.717, 1.165) is 21.5 Å². The van der Waals surface area contributed by atoms with Gasteiger partial charge in [-0.25, -0.2) is 0 Å². The molecule has 0 aliphatic rings. The van der Waals surface area contributed by atoms with E-state index in [1.165, 1.54) is 69.3 Å². The molecule has 0 aromatic heterocycles. The topological polar surface area (TPSA) is 54.4 Å². The molecule has 0 unspecified atom stereocenters. The van der Waals surface area contributed by atoms with Crippen molar-refractivity contribution in [2.45, 2.75) is 63.7 Å². The van der Waals surface area contributed by atoms with Gasteiger partial charge in [0, 0.05) is 11.4 Å². The highest BCUT2D eigenvalue weighted by Crippen LogP contribution is 2.13. The summed E-state index contributed by atoms with van der Waals surface area (Å²) in [7, 11) is 0.706. The molecule has 2 aromatic carbocycles. The van der Waals surface area contributed by atoms with Crippen molar-refractivity contribution in [3.63, 3.8) is 0 Å². The van der Waals surface area contributed by atoms with Gasteiger partial charge in [0.15, 0.2) is 0 Å². The van der Waals surface area contributed by atoms with Crippen LogP contribution < -0.4 is 0 Å². The normalized spacial score (nSPS) is 11.7. The molecule has 6 heteroatoms. The number of hydrogen-bond donors (Lipinski definition) is 1. The monoisotopic (exact) mass is 468 g/mol. The second kappa shape index (κ2) is 13.9. The number of benzene rings is 2. The predicted molar refractivity (Wildman–Crippen MR) is 131 cm³/mol. The maximum absolute atomic E-state index is 10.5. The van der Waals surface area contributed by atoms with Crippen LogP contribution in [0.3, 0.4) is 0 Å². The second-order valence-corrected chi connectivity index (χ2v) is 10.7. The van der Waals surface area contributed by atoms with Gasteiger partial charge in [0.2, 0.25) is 0 Å². The molecule has 0 radical (unpaired) electrons. The molecule has 0 spiro atoms. The van der Waals surface area contributed by atoms with Crippen LogP contribution in [-0.2, 0) is 16.5 Å². The molecule has 0 aliphatic carbocycles. The summed E-state index contributed by atoms with van der Waals surface area (Å²) in [5.41, 5.74) is 2.36. The smallest absolute Gasteiger partial charge is 0.294 e. The number of halogens is 1. The summed E-state index contributed by atoms with van der Waals surface area (Å²) in [6.45, 7) is 6.69. The number of hydrogen-bond acceptors (Lipinski definition) is 2. The maximum Gasteiger partial charge on any atom is 0.294 e. The van der Waals surface area contributed by atoms with Gasteiger partial charge in [0.25, 0.3) is 10.1 Å². The minimum absolute atomic E-state index is 0.0666. The number of aryl methyl sites for hydroxylation is 2. The third-order valence-electron chi connectivity index (χ3n) is 5.33. The van der Waals surface area contributed by atoms with Gasteiger partial charge in [0.05, 0.1) is 32.1 Å².